The zero-order valence-electron chi connectivity index (χ0n) is 22.3. The number of rotatable bonds is 6. The van der Waals surface area contributed by atoms with Gasteiger partial charge < -0.3 is 15.0 Å². The molecule has 0 radical (unpaired) electrons. The van der Waals surface area contributed by atoms with Crippen LogP contribution in [0, 0.1) is 11.3 Å². The van der Waals surface area contributed by atoms with Gasteiger partial charge in [0, 0.05) is 39.0 Å². The molecule has 0 spiro atoms. The maximum atomic E-state index is 13.4. The van der Waals surface area contributed by atoms with Crippen molar-refractivity contribution in [3.05, 3.63) is 29.1 Å². The van der Waals surface area contributed by atoms with Crippen LogP contribution in [0.1, 0.15) is 82.3 Å². The molecule has 2 saturated heterocycles. The SMILES string of the molecule is CCC1(C)CCc2c(C3CC4C=CC(N(C)C(=O)C(C)N5CCC(OC)CC5)CC4N3)n[nH]c2C1. The first-order chi connectivity index (χ1) is 16.8. The van der Waals surface area contributed by atoms with Gasteiger partial charge in [-0.25, -0.2) is 0 Å². The minimum atomic E-state index is -0.0856. The summed E-state index contributed by atoms with van der Waals surface area (Å²) in [6.45, 7) is 8.64. The van der Waals surface area contributed by atoms with Crippen LogP contribution in [0.25, 0.3) is 0 Å². The number of methoxy groups -OCH3 is 1. The zero-order chi connectivity index (χ0) is 24.7. The first-order valence-electron chi connectivity index (χ1n) is 13.9. The number of carbonyl (C=O) groups excluding carboxylic acids is 1. The molecule has 5 rings (SSSR count). The minimum Gasteiger partial charge on any atom is -0.381 e. The van der Waals surface area contributed by atoms with Gasteiger partial charge in [-0.2, -0.15) is 5.10 Å². The predicted octanol–water partition coefficient (Wildman–Crippen LogP) is 3.62. The Balaban J connectivity index is 1.19. The third-order valence-electron chi connectivity index (χ3n) is 9.83. The van der Waals surface area contributed by atoms with Crippen molar-refractivity contribution in [2.24, 2.45) is 11.3 Å². The van der Waals surface area contributed by atoms with Gasteiger partial charge in [-0.1, -0.05) is 32.4 Å². The molecule has 7 heteroatoms. The molecule has 2 fully saturated rings. The van der Waals surface area contributed by atoms with Crippen LogP contribution in [-0.2, 0) is 22.4 Å². The molecule has 2 aliphatic heterocycles. The predicted molar refractivity (Wildman–Crippen MR) is 138 cm³/mol. The van der Waals surface area contributed by atoms with Crippen LogP contribution in [0.15, 0.2) is 12.2 Å². The molecule has 1 amide bonds. The van der Waals surface area contributed by atoms with E-state index in [-0.39, 0.29) is 18.0 Å². The molecule has 35 heavy (non-hydrogen) atoms. The highest BCUT2D eigenvalue weighted by atomic mass is 16.5. The van der Waals surface area contributed by atoms with E-state index >= 15 is 0 Å². The Morgan fingerprint density at radius 2 is 2.09 bits per heavy atom. The third-order valence-corrected chi connectivity index (χ3v) is 9.83. The average molecular weight is 484 g/mol. The third kappa shape index (κ3) is 4.84. The molecule has 0 bridgehead atoms. The lowest BCUT2D eigenvalue weighted by molar-refractivity contribution is -0.137. The molecule has 3 heterocycles. The second-order valence-corrected chi connectivity index (χ2v) is 11.9. The van der Waals surface area contributed by atoms with Crippen molar-refractivity contribution in [3.63, 3.8) is 0 Å². The monoisotopic (exact) mass is 483 g/mol. The quantitative estimate of drug-likeness (QED) is 0.605. The number of hydrogen-bond donors (Lipinski definition) is 2. The molecule has 6 unspecified atom stereocenters. The molecule has 2 aliphatic carbocycles. The number of nitrogens with zero attached hydrogens (tertiary/aromatic N) is 3. The normalized spacial score (nSPS) is 34.4. The average Bonchev–Trinajstić information content (AvgIpc) is 3.50. The second-order valence-electron chi connectivity index (χ2n) is 11.9. The summed E-state index contributed by atoms with van der Waals surface area (Å²) in [5.74, 6) is 0.742. The van der Waals surface area contributed by atoms with Gasteiger partial charge in [0.15, 0.2) is 0 Å². The molecule has 1 aromatic heterocycles. The van der Waals surface area contributed by atoms with E-state index in [0.29, 0.717) is 29.5 Å². The highest BCUT2D eigenvalue weighted by Crippen LogP contribution is 2.42. The first-order valence-corrected chi connectivity index (χ1v) is 13.9. The Bertz CT molecular complexity index is 936. The Hall–Kier alpha value is -1.70. The van der Waals surface area contributed by atoms with Gasteiger partial charge in [0.25, 0.3) is 0 Å². The van der Waals surface area contributed by atoms with Crippen LogP contribution < -0.4 is 5.32 Å². The largest absolute Gasteiger partial charge is 0.381 e. The van der Waals surface area contributed by atoms with Crippen molar-refractivity contribution < 1.29 is 9.53 Å². The van der Waals surface area contributed by atoms with Crippen molar-refractivity contribution in [3.8, 4) is 0 Å². The van der Waals surface area contributed by atoms with Crippen LogP contribution in [0.4, 0.5) is 0 Å². The summed E-state index contributed by atoms with van der Waals surface area (Å²) in [7, 11) is 3.77. The molecule has 1 aromatic rings. The lowest BCUT2D eigenvalue weighted by Gasteiger charge is -2.39. The summed E-state index contributed by atoms with van der Waals surface area (Å²) < 4.78 is 5.50. The van der Waals surface area contributed by atoms with Crippen molar-refractivity contribution in [2.45, 2.75) is 102 Å². The number of likely N-dealkylation sites (N-methyl/N-ethyl adjacent to an activating group) is 1. The van der Waals surface area contributed by atoms with Crippen LogP contribution in [-0.4, -0.2) is 77.4 Å². The topological polar surface area (TPSA) is 73.5 Å². The summed E-state index contributed by atoms with van der Waals surface area (Å²) >= 11 is 0. The van der Waals surface area contributed by atoms with Crippen LogP contribution in [0.3, 0.4) is 0 Å². The highest BCUT2D eigenvalue weighted by molar-refractivity contribution is 5.81. The number of hydrogen-bond acceptors (Lipinski definition) is 5. The van der Waals surface area contributed by atoms with Crippen molar-refractivity contribution in [1.82, 2.24) is 25.3 Å². The number of likely N-dealkylation sites (tertiary alicyclic amines) is 1. The minimum absolute atomic E-state index is 0.0856. The number of nitrogens with one attached hydrogen (secondary N) is 2. The fourth-order valence-corrected chi connectivity index (χ4v) is 6.92. The van der Waals surface area contributed by atoms with E-state index < -0.39 is 0 Å². The zero-order valence-corrected chi connectivity index (χ0v) is 22.3. The van der Waals surface area contributed by atoms with E-state index in [9.17, 15) is 4.79 Å². The highest BCUT2D eigenvalue weighted by Gasteiger charge is 2.41. The summed E-state index contributed by atoms with van der Waals surface area (Å²) in [5.41, 5.74) is 4.47. The van der Waals surface area contributed by atoms with Crippen molar-refractivity contribution in [2.75, 3.05) is 27.2 Å². The summed E-state index contributed by atoms with van der Waals surface area (Å²) in [5, 5.41) is 12.1. The van der Waals surface area contributed by atoms with Gasteiger partial charge in [0.2, 0.25) is 5.91 Å². The molecule has 6 atom stereocenters. The number of aromatic nitrogens is 2. The fourth-order valence-electron chi connectivity index (χ4n) is 6.92. The van der Waals surface area contributed by atoms with Gasteiger partial charge in [0.05, 0.1) is 29.9 Å². The molecule has 0 saturated carbocycles. The number of H-pyrrole nitrogens is 1. The maximum Gasteiger partial charge on any atom is 0.239 e. The number of carbonyl (C=O) groups is 1. The van der Waals surface area contributed by atoms with E-state index in [1.165, 1.54) is 29.8 Å². The number of piperidine rings is 1. The number of fused-ring (bicyclic) bond motifs is 2. The summed E-state index contributed by atoms with van der Waals surface area (Å²) in [6.07, 6.45) is 13.8. The van der Waals surface area contributed by atoms with Gasteiger partial charge in [-0.15, -0.1) is 0 Å². The first kappa shape index (κ1) is 25.0. The number of amides is 1. The van der Waals surface area contributed by atoms with Gasteiger partial charge in [0.1, 0.15) is 0 Å². The standard InChI is InChI=1S/C28H45N5O2/c1-6-28(3)12-9-22-25(17-28)30-31-26(22)24-15-19-7-8-20(16-23(19)29-24)32(4)27(34)18(2)33-13-10-21(35-5)11-14-33/h7-8,18-21,23-24,29H,6,9-17H2,1-5H3,(H,30,31). The molecular formula is C28H45N5O2. The molecule has 2 N–H and O–H groups in total. The molecule has 7 nitrogen and oxygen atoms in total. The van der Waals surface area contributed by atoms with E-state index in [4.69, 9.17) is 9.84 Å². The van der Waals surface area contributed by atoms with Gasteiger partial charge in [-0.3, -0.25) is 14.8 Å². The van der Waals surface area contributed by atoms with E-state index in [0.717, 1.165) is 51.6 Å². The molecule has 4 aliphatic rings. The van der Waals surface area contributed by atoms with E-state index in [2.05, 4.69) is 48.2 Å². The van der Waals surface area contributed by atoms with Crippen LogP contribution in [0.5, 0.6) is 0 Å². The van der Waals surface area contributed by atoms with Gasteiger partial charge >= 0.3 is 0 Å². The molecular weight excluding hydrogens is 438 g/mol. The molecule has 0 aromatic carbocycles. The molecule has 194 valence electrons. The Labute approximate surface area is 211 Å². The smallest absolute Gasteiger partial charge is 0.239 e. The van der Waals surface area contributed by atoms with Gasteiger partial charge in [-0.05, 0) is 68.8 Å². The summed E-state index contributed by atoms with van der Waals surface area (Å²) in [6, 6.07) is 0.765. The lowest BCUT2D eigenvalue weighted by atomic mass is 9.73. The summed E-state index contributed by atoms with van der Waals surface area (Å²) in [4.78, 5) is 17.7. The van der Waals surface area contributed by atoms with E-state index in [1.54, 1.807) is 7.11 Å². The van der Waals surface area contributed by atoms with Crippen molar-refractivity contribution in [1.29, 1.82) is 0 Å². The van der Waals surface area contributed by atoms with Crippen molar-refractivity contribution >= 4 is 5.91 Å². The van der Waals surface area contributed by atoms with Crippen LogP contribution >= 0.6 is 0 Å². The number of ether oxygens (including phenoxy) is 1. The Morgan fingerprint density at radius 1 is 1.31 bits per heavy atom. The second kappa shape index (κ2) is 9.98. The Kier molecular flexibility index (Phi) is 7.12. The lowest BCUT2D eigenvalue weighted by Crippen LogP contribution is -2.52. The maximum absolute atomic E-state index is 13.4. The van der Waals surface area contributed by atoms with E-state index in [1.807, 2.05) is 11.9 Å². The van der Waals surface area contributed by atoms with Crippen LogP contribution in [0.2, 0.25) is 0 Å². The Morgan fingerprint density at radius 3 is 2.80 bits per heavy atom. The fraction of sp³-hybridized carbons (Fsp3) is 0.786. The number of aromatic amines is 1.